The van der Waals surface area contributed by atoms with Crippen LogP contribution in [-0.4, -0.2) is 52.9 Å². The fraction of sp³-hybridized carbons (Fsp3) is 0.909. The molecule has 2 saturated heterocycles. The second-order valence-electron chi connectivity index (χ2n) is 5.11. The van der Waals surface area contributed by atoms with Gasteiger partial charge in [0.1, 0.15) is 12.7 Å². The van der Waals surface area contributed by atoms with Gasteiger partial charge >= 0.3 is 5.97 Å². The summed E-state index contributed by atoms with van der Waals surface area (Å²) in [4.78, 5) is 10.8. The van der Waals surface area contributed by atoms with Crippen molar-refractivity contribution in [2.45, 2.75) is 50.7 Å². The summed E-state index contributed by atoms with van der Waals surface area (Å²) in [6.07, 6.45) is -0.901. The molecule has 2 aliphatic heterocycles. The van der Waals surface area contributed by atoms with Crippen LogP contribution in [0.3, 0.4) is 0 Å². The first-order chi connectivity index (χ1) is 8.16. The quantitative estimate of drug-likeness (QED) is 0.486. The molecule has 0 aromatic carbocycles. The molecule has 2 atom stereocenters. The monoisotopic (exact) mass is 262 g/mol. The third kappa shape index (κ3) is 2.36. The predicted octanol–water partition coefficient (Wildman–Crippen LogP) is -0.502. The summed E-state index contributed by atoms with van der Waals surface area (Å²) in [5.74, 6) is -5.36. The Hall–Kier alpha value is -0.730. The number of esters is 1. The molecule has 0 aromatic heterocycles. The van der Waals surface area contributed by atoms with E-state index in [1.54, 1.807) is 13.8 Å². The average molecular weight is 262 g/mol. The van der Waals surface area contributed by atoms with E-state index in [9.17, 15) is 15.0 Å². The molecule has 0 aliphatic carbocycles. The molecule has 7 heteroatoms. The van der Waals surface area contributed by atoms with Crippen LogP contribution < -0.4 is 0 Å². The van der Waals surface area contributed by atoms with Crippen LogP contribution in [0.2, 0.25) is 0 Å². The second-order valence-corrected chi connectivity index (χ2v) is 5.11. The highest BCUT2D eigenvalue weighted by molar-refractivity contribution is 5.66. The van der Waals surface area contributed by atoms with E-state index in [4.69, 9.17) is 18.9 Å². The van der Waals surface area contributed by atoms with E-state index in [0.29, 0.717) is 0 Å². The van der Waals surface area contributed by atoms with E-state index in [2.05, 4.69) is 0 Å². The van der Waals surface area contributed by atoms with Crippen LogP contribution in [0.1, 0.15) is 27.2 Å². The zero-order valence-electron chi connectivity index (χ0n) is 10.6. The Kier molecular flexibility index (Phi) is 3.15. The molecular weight excluding hydrogens is 244 g/mol. The number of hydrogen-bond donors (Lipinski definition) is 2. The molecule has 104 valence electrons. The number of carbonyl (C=O) groups is 1. The average Bonchev–Trinajstić information content (AvgIpc) is 2.49. The molecule has 0 saturated carbocycles. The number of carbonyl (C=O) groups excluding carboxylic acids is 1. The lowest BCUT2D eigenvalue weighted by Crippen LogP contribution is -2.64. The molecule has 2 N–H and O–H groups in total. The molecule has 2 rings (SSSR count). The molecule has 2 aliphatic rings. The number of aliphatic hydroxyl groups is 2. The lowest BCUT2D eigenvalue weighted by Gasteiger charge is -2.44. The van der Waals surface area contributed by atoms with Crippen molar-refractivity contribution >= 4 is 5.97 Å². The van der Waals surface area contributed by atoms with Crippen LogP contribution in [0.25, 0.3) is 0 Å². The Morgan fingerprint density at radius 1 is 1.33 bits per heavy atom. The first kappa shape index (κ1) is 13.7. The lowest BCUT2D eigenvalue weighted by molar-refractivity contribution is -0.410. The summed E-state index contributed by atoms with van der Waals surface area (Å²) in [6, 6.07) is 0. The van der Waals surface area contributed by atoms with Gasteiger partial charge in [-0.2, -0.15) is 0 Å². The minimum absolute atomic E-state index is 0.0297. The van der Waals surface area contributed by atoms with Crippen molar-refractivity contribution in [2.24, 2.45) is 0 Å². The minimum Gasteiger partial charge on any atom is -0.460 e. The van der Waals surface area contributed by atoms with E-state index >= 15 is 0 Å². The van der Waals surface area contributed by atoms with Crippen molar-refractivity contribution in [2.75, 3.05) is 13.2 Å². The molecule has 7 nitrogen and oxygen atoms in total. The summed E-state index contributed by atoms with van der Waals surface area (Å²) >= 11 is 0. The molecule has 0 aromatic rings. The normalized spacial score (nSPS) is 37.7. The maximum atomic E-state index is 10.8. The predicted molar refractivity (Wildman–Crippen MR) is 57.1 cm³/mol. The fourth-order valence-electron chi connectivity index (χ4n) is 2.18. The lowest BCUT2D eigenvalue weighted by atomic mass is 9.96. The van der Waals surface area contributed by atoms with E-state index in [-0.39, 0.29) is 19.6 Å². The van der Waals surface area contributed by atoms with E-state index in [1.807, 2.05) is 0 Å². The van der Waals surface area contributed by atoms with Crippen molar-refractivity contribution in [3.8, 4) is 0 Å². The summed E-state index contributed by atoms with van der Waals surface area (Å²) in [7, 11) is 0. The zero-order chi connectivity index (χ0) is 13.6. The maximum absolute atomic E-state index is 10.8. The Morgan fingerprint density at radius 2 is 2.00 bits per heavy atom. The first-order valence-electron chi connectivity index (χ1n) is 5.76. The first-order valence-corrected chi connectivity index (χ1v) is 5.76. The van der Waals surface area contributed by atoms with Gasteiger partial charge in [-0.05, 0) is 13.8 Å². The van der Waals surface area contributed by atoms with Crippen LogP contribution in [0.4, 0.5) is 0 Å². The van der Waals surface area contributed by atoms with Crippen molar-refractivity contribution in [1.82, 2.24) is 0 Å². The molecule has 1 spiro atoms. The summed E-state index contributed by atoms with van der Waals surface area (Å²) in [5, 5.41) is 20.1. The van der Waals surface area contributed by atoms with Crippen LogP contribution in [0.5, 0.6) is 0 Å². The van der Waals surface area contributed by atoms with Gasteiger partial charge < -0.3 is 29.2 Å². The topological polar surface area (TPSA) is 94.5 Å². The SMILES string of the molecule is CC(=O)OC1COC2(COC(C)(C)O2)C(O)(O)C1. The summed E-state index contributed by atoms with van der Waals surface area (Å²) < 4.78 is 21.0. The third-order valence-electron chi connectivity index (χ3n) is 2.98. The molecule has 18 heavy (non-hydrogen) atoms. The molecular formula is C11H18O7. The van der Waals surface area contributed by atoms with Crippen LogP contribution in [0.15, 0.2) is 0 Å². The largest absolute Gasteiger partial charge is 0.460 e. The van der Waals surface area contributed by atoms with Gasteiger partial charge in [0.25, 0.3) is 0 Å². The van der Waals surface area contributed by atoms with Crippen LogP contribution in [-0.2, 0) is 23.7 Å². The smallest absolute Gasteiger partial charge is 0.302 e. The molecule has 0 amide bonds. The van der Waals surface area contributed by atoms with Crippen molar-refractivity contribution in [1.29, 1.82) is 0 Å². The van der Waals surface area contributed by atoms with Gasteiger partial charge in [0.15, 0.2) is 5.79 Å². The molecule has 2 unspecified atom stereocenters. The van der Waals surface area contributed by atoms with E-state index in [1.165, 1.54) is 6.92 Å². The Morgan fingerprint density at radius 3 is 2.44 bits per heavy atom. The standard InChI is InChI=1S/C11H18O7/c1-7(12)17-8-4-10(13,14)11(15-5-8)6-16-9(2,3)18-11/h8,13-14H,4-6H2,1-3H3. The van der Waals surface area contributed by atoms with Gasteiger partial charge in [-0.3, -0.25) is 4.79 Å². The highest BCUT2D eigenvalue weighted by Crippen LogP contribution is 2.43. The number of rotatable bonds is 1. The van der Waals surface area contributed by atoms with Crippen LogP contribution >= 0.6 is 0 Å². The highest BCUT2D eigenvalue weighted by Gasteiger charge is 2.63. The van der Waals surface area contributed by atoms with E-state index in [0.717, 1.165) is 0 Å². The number of ether oxygens (including phenoxy) is 4. The van der Waals surface area contributed by atoms with Gasteiger partial charge in [0.2, 0.25) is 11.6 Å². The van der Waals surface area contributed by atoms with Gasteiger partial charge in [-0.1, -0.05) is 0 Å². The Balaban J connectivity index is 2.11. The second kappa shape index (κ2) is 4.14. The molecule has 2 fully saturated rings. The maximum Gasteiger partial charge on any atom is 0.302 e. The van der Waals surface area contributed by atoms with Crippen molar-refractivity contribution in [3.05, 3.63) is 0 Å². The highest BCUT2D eigenvalue weighted by atomic mass is 16.9. The van der Waals surface area contributed by atoms with Crippen molar-refractivity contribution in [3.63, 3.8) is 0 Å². The third-order valence-corrected chi connectivity index (χ3v) is 2.98. The molecule has 2 heterocycles. The molecule has 0 bridgehead atoms. The molecule has 0 radical (unpaired) electrons. The minimum atomic E-state index is -2.28. The summed E-state index contributed by atoms with van der Waals surface area (Å²) in [5.41, 5.74) is 0. The van der Waals surface area contributed by atoms with Gasteiger partial charge in [-0.25, -0.2) is 0 Å². The Bertz CT molecular complexity index is 351. The summed E-state index contributed by atoms with van der Waals surface area (Å²) in [6.45, 7) is 4.49. The van der Waals surface area contributed by atoms with E-state index < -0.39 is 29.4 Å². The van der Waals surface area contributed by atoms with Crippen LogP contribution in [0, 0.1) is 0 Å². The number of hydrogen-bond acceptors (Lipinski definition) is 7. The van der Waals surface area contributed by atoms with Gasteiger partial charge in [0, 0.05) is 13.3 Å². The Labute approximate surface area is 105 Å². The van der Waals surface area contributed by atoms with Crippen molar-refractivity contribution < 1.29 is 34.0 Å². The zero-order valence-corrected chi connectivity index (χ0v) is 10.6. The van der Waals surface area contributed by atoms with Gasteiger partial charge in [0.05, 0.1) is 6.61 Å². The fourth-order valence-corrected chi connectivity index (χ4v) is 2.18. The van der Waals surface area contributed by atoms with Gasteiger partial charge in [-0.15, -0.1) is 0 Å².